The molecule has 1 aromatic heterocycles. The van der Waals surface area contributed by atoms with Gasteiger partial charge in [-0.1, -0.05) is 6.07 Å². The normalized spacial score (nSPS) is 12.0. The molecule has 158 valence electrons. The molecule has 0 unspecified atom stereocenters. The maximum Gasteiger partial charge on any atom is 0.416 e. The van der Waals surface area contributed by atoms with Gasteiger partial charge >= 0.3 is 6.18 Å². The van der Waals surface area contributed by atoms with Gasteiger partial charge in [0, 0.05) is 11.6 Å². The fraction of sp³-hybridized carbons (Fsp3) is 0.158. The number of nitrogens with one attached hydrogen (secondary N) is 2. The second-order valence-electron chi connectivity index (χ2n) is 6.11. The lowest BCUT2D eigenvalue weighted by Crippen LogP contribution is -2.20. The van der Waals surface area contributed by atoms with Gasteiger partial charge in [-0.3, -0.25) is 9.78 Å². The number of amides is 1. The van der Waals surface area contributed by atoms with Crippen LogP contribution >= 0.6 is 0 Å². The average molecular weight is 439 g/mol. The molecule has 0 bridgehead atoms. The van der Waals surface area contributed by atoms with Crippen LogP contribution in [0.25, 0.3) is 10.9 Å². The predicted octanol–water partition coefficient (Wildman–Crippen LogP) is 3.42. The number of nitrogens with zero attached hydrogens (tertiary/aromatic N) is 1. The van der Waals surface area contributed by atoms with Crippen LogP contribution in [-0.2, 0) is 16.2 Å². The molecule has 0 aliphatic carbocycles. The third-order valence-electron chi connectivity index (χ3n) is 4.31. The topological polar surface area (TPSA) is 97.4 Å². The minimum absolute atomic E-state index is 0.0427. The molecule has 0 aliphatic rings. The van der Waals surface area contributed by atoms with E-state index in [4.69, 9.17) is 4.74 Å². The van der Waals surface area contributed by atoms with Gasteiger partial charge in [0.15, 0.2) is 0 Å². The van der Waals surface area contributed by atoms with Crippen molar-refractivity contribution in [1.29, 1.82) is 0 Å². The third kappa shape index (κ3) is 4.21. The van der Waals surface area contributed by atoms with Gasteiger partial charge in [0.2, 0.25) is 10.0 Å². The Labute approximate surface area is 169 Å². The van der Waals surface area contributed by atoms with E-state index >= 15 is 0 Å². The summed E-state index contributed by atoms with van der Waals surface area (Å²) in [5, 5.41) is 2.86. The summed E-state index contributed by atoms with van der Waals surface area (Å²) in [5.74, 6) is -0.576. The number of anilines is 1. The number of ether oxygens (including phenoxy) is 1. The van der Waals surface area contributed by atoms with E-state index in [2.05, 4.69) is 15.0 Å². The van der Waals surface area contributed by atoms with E-state index in [1.165, 1.54) is 44.6 Å². The highest BCUT2D eigenvalue weighted by Gasteiger charge is 2.30. The lowest BCUT2D eigenvalue weighted by atomic mass is 10.1. The Bertz CT molecular complexity index is 1230. The lowest BCUT2D eigenvalue weighted by molar-refractivity contribution is -0.137. The van der Waals surface area contributed by atoms with Crippen LogP contribution in [0.4, 0.5) is 18.9 Å². The van der Waals surface area contributed by atoms with Gasteiger partial charge in [0.1, 0.15) is 5.75 Å². The van der Waals surface area contributed by atoms with Crippen LogP contribution in [0.2, 0.25) is 0 Å². The van der Waals surface area contributed by atoms with Crippen molar-refractivity contribution in [3.05, 3.63) is 59.8 Å². The van der Waals surface area contributed by atoms with Gasteiger partial charge in [0.05, 0.1) is 34.3 Å². The van der Waals surface area contributed by atoms with Crippen molar-refractivity contribution in [1.82, 2.24) is 9.71 Å². The molecule has 30 heavy (non-hydrogen) atoms. The first-order valence-electron chi connectivity index (χ1n) is 8.45. The molecule has 0 fully saturated rings. The molecule has 0 radical (unpaired) electrons. The Balaban J connectivity index is 2.02. The number of hydrogen-bond donors (Lipinski definition) is 2. The van der Waals surface area contributed by atoms with Crippen molar-refractivity contribution >= 4 is 32.5 Å². The van der Waals surface area contributed by atoms with Gasteiger partial charge in [-0.25, -0.2) is 13.1 Å². The van der Waals surface area contributed by atoms with Crippen molar-refractivity contribution in [3.63, 3.8) is 0 Å². The number of halogens is 3. The first-order chi connectivity index (χ1) is 14.1. The number of methoxy groups -OCH3 is 1. The van der Waals surface area contributed by atoms with Crippen LogP contribution in [0.15, 0.2) is 53.6 Å². The van der Waals surface area contributed by atoms with Crippen LogP contribution in [-0.4, -0.2) is 33.5 Å². The number of carbonyl (C=O) groups excluding carboxylic acids is 1. The summed E-state index contributed by atoms with van der Waals surface area (Å²) in [4.78, 5) is 16.6. The van der Waals surface area contributed by atoms with Crippen molar-refractivity contribution in [3.8, 4) is 5.75 Å². The van der Waals surface area contributed by atoms with E-state index in [1.807, 2.05) is 0 Å². The Morgan fingerprint density at radius 3 is 2.47 bits per heavy atom. The van der Waals surface area contributed by atoms with Crippen molar-refractivity contribution in [2.75, 3.05) is 19.5 Å². The molecule has 0 atom stereocenters. The minimum Gasteiger partial charge on any atom is -0.496 e. The first kappa shape index (κ1) is 21.5. The molecular formula is C19H16F3N3O4S. The van der Waals surface area contributed by atoms with E-state index in [-0.39, 0.29) is 32.8 Å². The van der Waals surface area contributed by atoms with Gasteiger partial charge in [0.25, 0.3) is 5.91 Å². The predicted molar refractivity (Wildman–Crippen MR) is 104 cm³/mol. The highest BCUT2D eigenvalue weighted by molar-refractivity contribution is 7.89. The summed E-state index contributed by atoms with van der Waals surface area (Å²) in [6.07, 6.45) is -3.26. The van der Waals surface area contributed by atoms with Crippen molar-refractivity contribution < 1.29 is 31.1 Å². The number of pyridine rings is 1. The zero-order valence-electron chi connectivity index (χ0n) is 15.7. The Hall–Kier alpha value is -3.18. The SMILES string of the molecule is CNS(=O)(=O)c1ccc(OC)c(C(=O)Nc2ccnc3cc(C(F)(F)F)ccc23)c1. The van der Waals surface area contributed by atoms with Crippen LogP contribution in [0.1, 0.15) is 15.9 Å². The Kier molecular flexibility index (Phi) is 5.68. The van der Waals surface area contributed by atoms with Gasteiger partial charge in [-0.05, 0) is 43.4 Å². The molecular weight excluding hydrogens is 423 g/mol. The molecule has 0 saturated carbocycles. The van der Waals surface area contributed by atoms with Gasteiger partial charge in [-0.15, -0.1) is 0 Å². The maximum atomic E-state index is 12.9. The Morgan fingerprint density at radius 1 is 1.10 bits per heavy atom. The number of benzene rings is 2. The number of carbonyl (C=O) groups is 1. The largest absolute Gasteiger partial charge is 0.496 e. The lowest BCUT2D eigenvalue weighted by Gasteiger charge is -2.13. The summed E-state index contributed by atoms with van der Waals surface area (Å²) >= 11 is 0. The molecule has 7 nitrogen and oxygen atoms in total. The zero-order valence-corrected chi connectivity index (χ0v) is 16.6. The molecule has 0 spiro atoms. The number of sulfonamides is 1. The van der Waals surface area contributed by atoms with Crippen molar-refractivity contribution in [2.45, 2.75) is 11.1 Å². The van der Waals surface area contributed by atoms with Crippen LogP contribution < -0.4 is 14.8 Å². The molecule has 1 heterocycles. The van der Waals surface area contributed by atoms with E-state index in [9.17, 15) is 26.4 Å². The number of aromatic nitrogens is 1. The third-order valence-corrected chi connectivity index (χ3v) is 5.72. The van der Waals surface area contributed by atoms with Gasteiger partial charge in [-0.2, -0.15) is 13.2 Å². The van der Waals surface area contributed by atoms with E-state index in [1.54, 1.807) is 0 Å². The summed E-state index contributed by atoms with van der Waals surface area (Å²) < 4.78 is 70.1. The summed E-state index contributed by atoms with van der Waals surface area (Å²) in [7, 11) is -1.26. The average Bonchev–Trinajstić information content (AvgIpc) is 2.72. The van der Waals surface area contributed by atoms with E-state index < -0.39 is 27.7 Å². The number of hydrogen-bond acceptors (Lipinski definition) is 5. The number of alkyl halides is 3. The highest BCUT2D eigenvalue weighted by atomic mass is 32.2. The standard InChI is InChI=1S/C19H16F3N3O4S/c1-23-30(27,28)12-4-6-17(29-2)14(10-12)18(26)25-15-7-8-24-16-9-11(19(20,21)22)3-5-13(15)16/h3-10,23H,1-2H3,(H,24,25,26). The molecule has 0 aliphatic heterocycles. The van der Waals surface area contributed by atoms with Crippen LogP contribution in [0.3, 0.4) is 0 Å². The van der Waals surface area contributed by atoms with Crippen LogP contribution in [0.5, 0.6) is 5.75 Å². The smallest absolute Gasteiger partial charge is 0.416 e. The molecule has 0 saturated heterocycles. The second kappa shape index (κ2) is 7.92. The molecule has 2 N–H and O–H groups in total. The Morgan fingerprint density at radius 2 is 1.83 bits per heavy atom. The summed E-state index contributed by atoms with van der Waals surface area (Å²) in [6, 6.07) is 8.16. The molecule has 1 amide bonds. The summed E-state index contributed by atoms with van der Waals surface area (Å²) in [6.45, 7) is 0. The molecule has 3 rings (SSSR count). The molecule has 3 aromatic rings. The fourth-order valence-electron chi connectivity index (χ4n) is 2.77. The molecule has 2 aromatic carbocycles. The van der Waals surface area contributed by atoms with Crippen molar-refractivity contribution in [2.24, 2.45) is 0 Å². The minimum atomic E-state index is -4.53. The maximum absolute atomic E-state index is 12.9. The number of fused-ring (bicyclic) bond motifs is 1. The fourth-order valence-corrected chi connectivity index (χ4v) is 3.53. The van der Waals surface area contributed by atoms with E-state index in [0.717, 1.165) is 18.2 Å². The quantitative estimate of drug-likeness (QED) is 0.635. The number of rotatable bonds is 5. The first-order valence-corrected chi connectivity index (χ1v) is 9.94. The zero-order chi connectivity index (χ0) is 22.1. The molecule has 11 heteroatoms. The van der Waals surface area contributed by atoms with Gasteiger partial charge < -0.3 is 10.1 Å². The monoisotopic (exact) mass is 439 g/mol. The van der Waals surface area contributed by atoms with E-state index in [0.29, 0.717) is 0 Å². The highest BCUT2D eigenvalue weighted by Crippen LogP contribution is 2.33. The second-order valence-corrected chi connectivity index (χ2v) is 8.00. The van der Waals surface area contributed by atoms with Crippen LogP contribution in [0, 0.1) is 0 Å². The summed E-state index contributed by atoms with van der Waals surface area (Å²) in [5.41, 5.74) is -0.674.